The molecule has 126 valence electrons. The van der Waals surface area contributed by atoms with Crippen LogP contribution < -0.4 is 0 Å². The summed E-state index contributed by atoms with van der Waals surface area (Å²) in [5, 5.41) is 5.75. The molecule has 0 aromatic rings. The molecule has 0 aromatic carbocycles. The minimum Gasteiger partial charge on any atom is -0.451 e. The van der Waals surface area contributed by atoms with Gasteiger partial charge < -0.3 is 9.47 Å². The Balaban J connectivity index is 1.76. The lowest BCUT2D eigenvalue weighted by molar-refractivity contribution is -0.433. The fraction of sp³-hybridized carbons (Fsp3) is 0.889. The minimum absolute atomic E-state index is 0.00446. The molecule has 5 atom stereocenters. The molecule has 1 N–H and O–H groups in total. The molecule has 2 bridgehead atoms. The quantitative estimate of drug-likeness (QED) is 0.239. The molecule has 0 radical (unpaired) electrons. The largest absolute Gasteiger partial charge is 0.451 e. The van der Waals surface area contributed by atoms with Crippen LogP contribution in [-0.4, -0.2) is 54.1 Å². The average Bonchev–Trinajstić information content (AvgIpc) is 2.99. The Labute approximate surface area is 127 Å². The van der Waals surface area contributed by atoms with Crippen LogP contribution >= 0.6 is 12.0 Å². The van der Waals surface area contributed by atoms with Gasteiger partial charge >= 0.3 is 11.2 Å². The molecule has 9 nitrogen and oxygen atoms in total. The third-order valence-electron chi connectivity index (χ3n) is 3.90. The highest BCUT2D eigenvalue weighted by Gasteiger charge is 2.74. The van der Waals surface area contributed by atoms with Crippen LogP contribution in [0.4, 0.5) is 8.78 Å². The molecule has 3 rings (SSSR count). The Kier molecular flexibility index (Phi) is 3.67. The molecule has 0 aliphatic carbocycles. The zero-order chi connectivity index (χ0) is 16.3. The summed E-state index contributed by atoms with van der Waals surface area (Å²) < 4.78 is 68.9. The van der Waals surface area contributed by atoms with Crippen molar-refractivity contribution in [1.29, 1.82) is 0 Å². The van der Waals surface area contributed by atoms with E-state index in [-0.39, 0.29) is 6.42 Å². The summed E-state index contributed by atoms with van der Waals surface area (Å²) in [5.41, 5.74) is -1.54. The second-order valence-corrected chi connectivity index (χ2v) is 7.77. The fourth-order valence-corrected chi connectivity index (χ4v) is 5.17. The first-order valence-corrected chi connectivity index (χ1v) is 8.18. The summed E-state index contributed by atoms with van der Waals surface area (Å²) in [7, 11) is -3.89. The normalized spacial score (nSPS) is 41.8. The van der Waals surface area contributed by atoms with E-state index in [1.807, 2.05) is 0 Å². The maximum Gasteiger partial charge on any atom is 0.415 e. The zero-order valence-corrected chi connectivity index (χ0v) is 12.4. The van der Waals surface area contributed by atoms with E-state index >= 15 is 0 Å². The number of esters is 1. The summed E-state index contributed by atoms with van der Waals surface area (Å²) in [6.07, 6.45) is -3.04. The number of hydrogen-bond acceptors (Lipinski definition) is 10. The maximum atomic E-state index is 13.4. The van der Waals surface area contributed by atoms with Crippen molar-refractivity contribution in [1.82, 2.24) is 0 Å². The van der Waals surface area contributed by atoms with Gasteiger partial charge in [0.1, 0.15) is 23.4 Å². The van der Waals surface area contributed by atoms with Crippen molar-refractivity contribution in [2.75, 3.05) is 0 Å². The molecule has 3 saturated heterocycles. The highest BCUT2D eigenvalue weighted by molar-refractivity contribution is 7.96. The second kappa shape index (κ2) is 4.96. The predicted molar refractivity (Wildman–Crippen MR) is 62.7 cm³/mol. The molecule has 3 fully saturated rings. The second-order valence-electron chi connectivity index (χ2n) is 5.20. The van der Waals surface area contributed by atoms with Crippen molar-refractivity contribution in [2.24, 2.45) is 0 Å². The van der Waals surface area contributed by atoms with Crippen molar-refractivity contribution >= 4 is 28.1 Å². The summed E-state index contributed by atoms with van der Waals surface area (Å²) in [6.45, 7) is 1.32. The number of fused-ring (bicyclic) bond motifs is 1. The Bertz CT molecular complexity index is 596. The highest BCUT2D eigenvalue weighted by atomic mass is 32.2. The van der Waals surface area contributed by atoms with Gasteiger partial charge in [0.2, 0.25) is 0 Å². The smallest absolute Gasteiger partial charge is 0.415 e. The van der Waals surface area contributed by atoms with Gasteiger partial charge in [-0.1, -0.05) is 5.04 Å². The number of ether oxygens (including phenoxy) is 2. The van der Waals surface area contributed by atoms with E-state index in [4.69, 9.17) is 18.9 Å². The minimum atomic E-state index is -4.18. The molecule has 0 saturated carbocycles. The van der Waals surface area contributed by atoms with Gasteiger partial charge in [-0.05, 0) is 13.3 Å². The van der Waals surface area contributed by atoms with Gasteiger partial charge in [-0.25, -0.2) is 10.1 Å². The van der Waals surface area contributed by atoms with Gasteiger partial charge in [0.15, 0.2) is 11.7 Å². The number of hydrogen-bond donors (Lipinski definition) is 1. The predicted octanol–water partition coefficient (Wildman–Crippen LogP) is 0.219. The number of rotatable bonds is 5. The summed E-state index contributed by atoms with van der Waals surface area (Å²) in [5.74, 6) is -2.00. The van der Waals surface area contributed by atoms with Crippen molar-refractivity contribution in [2.45, 2.75) is 47.8 Å². The van der Waals surface area contributed by atoms with E-state index in [2.05, 4.69) is 9.37 Å². The summed E-state index contributed by atoms with van der Waals surface area (Å²) >= 11 is -0.772. The summed E-state index contributed by atoms with van der Waals surface area (Å²) in [6, 6.07) is 0. The van der Waals surface area contributed by atoms with Gasteiger partial charge in [0, 0.05) is 0 Å². The third kappa shape index (κ3) is 2.23. The van der Waals surface area contributed by atoms with Crippen LogP contribution in [0.3, 0.4) is 0 Å². The Hall–Kier alpha value is -0.570. The molecule has 0 spiro atoms. The first-order chi connectivity index (χ1) is 10.1. The van der Waals surface area contributed by atoms with E-state index in [9.17, 15) is 22.0 Å². The van der Waals surface area contributed by atoms with E-state index in [1.165, 1.54) is 6.92 Å². The first-order valence-electron chi connectivity index (χ1n) is 5.96. The standard InChI is InChI=1S/C9H10F2O9S2/c1-8-5(17-7(12)9(10,11)21-20-19-13)3-2-4(6(8)16-3)22(14,15)18-8/h3-6,13H,2H2,1H3. The molecule has 3 aliphatic rings. The van der Waals surface area contributed by atoms with Gasteiger partial charge in [-0.3, -0.25) is 4.18 Å². The maximum absolute atomic E-state index is 13.4. The molecule has 3 aliphatic heterocycles. The number of halogens is 2. The molecular formula is C9H10F2O9S2. The van der Waals surface area contributed by atoms with E-state index < -0.39 is 62.5 Å². The number of carbonyl (C=O) groups excluding carboxylic acids is 1. The molecule has 5 unspecified atom stereocenters. The summed E-state index contributed by atoms with van der Waals surface area (Å²) in [4.78, 5) is 11.5. The highest BCUT2D eigenvalue weighted by Crippen LogP contribution is 2.54. The molecule has 13 heteroatoms. The zero-order valence-electron chi connectivity index (χ0n) is 10.8. The molecule has 22 heavy (non-hydrogen) atoms. The monoisotopic (exact) mass is 364 g/mol. The van der Waals surface area contributed by atoms with Crippen LogP contribution in [0.5, 0.6) is 0 Å². The van der Waals surface area contributed by atoms with Crippen LogP contribution in [0.1, 0.15) is 13.3 Å². The SMILES string of the molecule is CC12OS(=O)(=O)C3CC(OC31)C2OC(=O)C(F)(F)SOOO. The van der Waals surface area contributed by atoms with Crippen LogP contribution in [0.25, 0.3) is 0 Å². The lowest BCUT2D eigenvalue weighted by Crippen LogP contribution is -2.52. The van der Waals surface area contributed by atoms with E-state index in [0.717, 1.165) is 0 Å². The van der Waals surface area contributed by atoms with Crippen LogP contribution in [-0.2, 0) is 37.9 Å². The van der Waals surface area contributed by atoms with Crippen LogP contribution in [0.15, 0.2) is 0 Å². The van der Waals surface area contributed by atoms with E-state index in [0.29, 0.717) is 0 Å². The lowest BCUT2D eigenvalue weighted by atomic mass is 9.83. The third-order valence-corrected chi connectivity index (χ3v) is 6.18. The van der Waals surface area contributed by atoms with Crippen molar-refractivity contribution in [3.05, 3.63) is 0 Å². The molecular weight excluding hydrogens is 354 g/mol. The Morgan fingerprint density at radius 3 is 2.82 bits per heavy atom. The van der Waals surface area contributed by atoms with Crippen molar-refractivity contribution in [3.8, 4) is 0 Å². The Morgan fingerprint density at radius 1 is 1.50 bits per heavy atom. The van der Waals surface area contributed by atoms with Crippen molar-refractivity contribution in [3.63, 3.8) is 0 Å². The number of carbonyl (C=O) groups is 1. The molecule has 0 aromatic heterocycles. The first kappa shape index (κ1) is 16.3. The lowest BCUT2D eigenvalue weighted by Gasteiger charge is -2.31. The fourth-order valence-electron chi connectivity index (χ4n) is 3.06. The van der Waals surface area contributed by atoms with Gasteiger partial charge in [-0.2, -0.15) is 17.2 Å². The molecule has 3 heterocycles. The Morgan fingerprint density at radius 2 is 2.18 bits per heavy atom. The number of alkyl halides is 2. The van der Waals surface area contributed by atoms with Gasteiger partial charge in [0.05, 0.1) is 6.10 Å². The van der Waals surface area contributed by atoms with Gasteiger partial charge in [-0.15, -0.1) is 4.33 Å². The van der Waals surface area contributed by atoms with E-state index in [1.54, 1.807) is 0 Å². The average molecular weight is 364 g/mol. The van der Waals surface area contributed by atoms with Crippen LogP contribution in [0, 0.1) is 0 Å². The topological polar surface area (TPSA) is 118 Å². The van der Waals surface area contributed by atoms with Crippen LogP contribution in [0.2, 0.25) is 0 Å². The van der Waals surface area contributed by atoms with Crippen molar-refractivity contribution < 1.29 is 50.3 Å². The van der Waals surface area contributed by atoms with Gasteiger partial charge in [0.25, 0.3) is 10.1 Å². The molecule has 0 amide bonds.